The maximum absolute atomic E-state index is 5.39. The van der Waals surface area contributed by atoms with Crippen molar-refractivity contribution in [2.24, 2.45) is 0 Å². The van der Waals surface area contributed by atoms with Gasteiger partial charge in [0.15, 0.2) is 0 Å². The minimum absolute atomic E-state index is 0.0957. The van der Waals surface area contributed by atoms with Gasteiger partial charge in [0.1, 0.15) is 5.75 Å². The van der Waals surface area contributed by atoms with E-state index in [-0.39, 0.29) is 6.04 Å². The van der Waals surface area contributed by atoms with Crippen molar-refractivity contribution < 1.29 is 4.74 Å². The van der Waals surface area contributed by atoms with Gasteiger partial charge in [-0.3, -0.25) is 0 Å². The summed E-state index contributed by atoms with van der Waals surface area (Å²) in [6, 6.07) is 4.37. The van der Waals surface area contributed by atoms with Crippen molar-refractivity contribution in [3.05, 3.63) is 39.9 Å². The van der Waals surface area contributed by atoms with Crippen molar-refractivity contribution in [3.63, 3.8) is 0 Å². The van der Waals surface area contributed by atoms with E-state index < -0.39 is 0 Å². The fourth-order valence-corrected chi connectivity index (χ4v) is 2.78. The number of benzene rings is 1. The molecule has 1 unspecified atom stereocenters. The van der Waals surface area contributed by atoms with E-state index in [1.54, 1.807) is 7.11 Å². The number of nitrogens with one attached hydrogen (secondary N) is 1. The first-order chi connectivity index (χ1) is 9.67. The molecule has 0 saturated heterocycles. The molecule has 20 heavy (non-hydrogen) atoms. The molecule has 2 aromatic rings. The molecule has 1 aromatic carbocycles. The van der Waals surface area contributed by atoms with Gasteiger partial charge in [-0.15, -0.1) is 5.10 Å². The highest BCUT2D eigenvalue weighted by molar-refractivity contribution is 7.03. The Balaban J connectivity index is 2.40. The molecule has 0 aliphatic carbocycles. The lowest BCUT2D eigenvalue weighted by Gasteiger charge is -2.20. The van der Waals surface area contributed by atoms with Gasteiger partial charge in [-0.25, -0.2) is 0 Å². The van der Waals surface area contributed by atoms with Crippen LogP contribution in [0.25, 0.3) is 0 Å². The summed E-state index contributed by atoms with van der Waals surface area (Å²) in [5.74, 6) is 0.928. The molecule has 0 aliphatic heterocycles. The van der Waals surface area contributed by atoms with Gasteiger partial charge >= 0.3 is 0 Å². The molecule has 1 atom stereocenters. The molecule has 1 aromatic heterocycles. The van der Waals surface area contributed by atoms with Crippen LogP contribution in [0, 0.1) is 13.8 Å². The molecule has 0 saturated carbocycles. The molecule has 0 amide bonds. The Bertz CT molecular complexity index is 554. The van der Waals surface area contributed by atoms with E-state index in [9.17, 15) is 0 Å². The van der Waals surface area contributed by atoms with Crippen LogP contribution < -0.4 is 10.1 Å². The van der Waals surface area contributed by atoms with Gasteiger partial charge in [-0.1, -0.05) is 17.5 Å². The van der Waals surface area contributed by atoms with Gasteiger partial charge in [-0.2, -0.15) is 0 Å². The molecular formula is C15H21N3OS. The highest BCUT2D eigenvalue weighted by Gasteiger charge is 2.19. The smallest absolute Gasteiger partial charge is 0.122 e. The largest absolute Gasteiger partial charge is 0.496 e. The summed E-state index contributed by atoms with van der Waals surface area (Å²) in [5.41, 5.74) is 4.56. The summed E-state index contributed by atoms with van der Waals surface area (Å²) in [6.45, 7) is 7.29. The van der Waals surface area contributed by atoms with Crippen LogP contribution in [0.3, 0.4) is 0 Å². The van der Waals surface area contributed by atoms with E-state index >= 15 is 0 Å². The summed E-state index contributed by atoms with van der Waals surface area (Å²) in [5, 5.41) is 9.80. The fourth-order valence-electron chi connectivity index (χ4n) is 2.30. The van der Waals surface area contributed by atoms with Gasteiger partial charge in [0, 0.05) is 5.38 Å². The SMILES string of the molecule is CCCNC(c1csnn1)c1cc(C)c(OC)cc1C. The second kappa shape index (κ2) is 6.81. The third-order valence-electron chi connectivity index (χ3n) is 3.37. The third kappa shape index (κ3) is 3.16. The van der Waals surface area contributed by atoms with Crippen molar-refractivity contribution >= 4 is 11.5 Å². The van der Waals surface area contributed by atoms with Crippen LogP contribution in [0.4, 0.5) is 0 Å². The highest BCUT2D eigenvalue weighted by Crippen LogP contribution is 2.29. The predicted molar refractivity (Wildman–Crippen MR) is 82.5 cm³/mol. The topological polar surface area (TPSA) is 47.0 Å². The van der Waals surface area contributed by atoms with E-state index in [0.29, 0.717) is 0 Å². The lowest BCUT2D eigenvalue weighted by molar-refractivity contribution is 0.411. The number of hydrogen-bond donors (Lipinski definition) is 1. The van der Waals surface area contributed by atoms with Crippen LogP contribution in [0.5, 0.6) is 5.75 Å². The number of ether oxygens (including phenoxy) is 1. The number of rotatable bonds is 6. The maximum atomic E-state index is 5.39. The van der Waals surface area contributed by atoms with Gasteiger partial charge in [0.2, 0.25) is 0 Å². The molecule has 0 bridgehead atoms. The van der Waals surface area contributed by atoms with E-state index in [2.05, 4.69) is 47.8 Å². The highest BCUT2D eigenvalue weighted by atomic mass is 32.1. The molecule has 5 heteroatoms. The average Bonchev–Trinajstić information content (AvgIpc) is 2.96. The number of nitrogens with zero attached hydrogens (tertiary/aromatic N) is 2. The molecular weight excluding hydrogens is 270 g/mol. The Morgan fingerprint density at radius 1 is 1.30 bits per heavy atom. The monoisotopic (exact) mass is 291 g/mol. The van der Waals surface area contributed by atoms with Crippen LogP contribution >= 0.6 is 11.5 Å². The third-order valence-corrected chi connectivity index (χ3v) is 3.89. The first-order valence-electron chi connectivity index (χ1n) is 6.82. The lowest BCUT2D eigenvalue weighted by atomic mass is 9.96. The zero-order valence-electron chi connectivity index (χ0n) is 12.4. The van der Waals surface area contributed by atoms with E-state index in [4.69, 9.17) is 4.74 Å². The molecule has 0 radical (unpaired) electrons. The van der Waals surface area contributed by atoms with Gasteiger partial charge in [-0.05, 0) is 61.1 Å². The summed E-state index contributed by atoms with van der Waals surface area (Å²) in [4.78, 5) is 0. The number of aromatic nitrogens is 2. The molecule has 0 fully saturated rings. The molecule has 108 valence electrons. The standard InChI is InChI=1S/C15H21N3OS/c1-5-6-16-15(13-9-20-18-17-13)12-7-11(3)14(19-4)8-10(12)2/h7-9,15-16H,5-6H2,1-4H3. The second-order valence-corrected chi connectivity index (χ2v) is 5.51. The zero-order valence-corrected chi connectivity index (χ0v) is 13.3. The van der Waals surface area contributed by atoms with Crippen molar-refractivity contribution in [1.29, 1.82) is 0 Å². The molecule has 0 spiro atoms. The Morgan fingerprint density at radius 3 is 2.70 bits per heavy atom. The zero-order chi connectivity index (χ0) is 14.5. The average molecular weight is 291 g/mol. The van der Waals surface area contributed by atoms with Gasteiger partial charge in [0.25, 0.3) is 0 Å². The molecule has 1 N–H and O–H groups in total. The molecule has 0 aliphatic rings. The summed E-state index contributed by atoms with van der Waals surface area (Å²) in [6.07, 6.45) is 1.09. The van der Waals surface area contributed by atoms with Crippen LogP contribution in [0.1, 0.15) is 41.8 Å². The van der Waals surface area contributed by atoms with E-state index in [1.807, 2.05) is 5.38 Å². The Hall–Kier alpha value is -1.46. The van der Waals surface area contributed by atoms with Crippen LogP contribution in [-0.2, 0) is 0 Å². The molecule has 2 rings (SSSR count). The Labute approximate surface area is 124 Å². The van der Waals surface area contributed by atoms with Gasteiger partial charge in [0.05, 0.1) is 18.8 Å². The normalized spacial score (nSPS) is 12.4. The van der Waals surface area contributed by atoms with Gasteiger partial charge < -0.3 is 10.1 Å². The molecule has 1 heterocycles. The number of methoxy groups -OCH3 is 1. The second-order valence-electron chi connectivity index (χ2n) is 4.90. The van der Waals surface area contributed by atoms with Crippen LogP contribution in [-0.4, -0.2) is 23.2 Å². The summed E-state index contributed by atoms with van der Waals surface area (Å²) in [7, 11) is 1.71. The van der Waals surface area contributed by atoms with Crippen LogP contribution in [0.15, 0.2) is 17.5 Å². The maximum Gasteiger partial charge on any atom is 0.122 e. The lowest BCUT2D eigenvalue weighted by Crippen LogP contribution is -2.24. The minimum atomic E-state index is 0.0957. The molecule has 4 nitrogen and oxygen atoms in total. The van der Waals surface area contributed by atoms with E-state index in [1.165, 1.54) is 22.7 Å². The van der Waals surface area contributed by atoms with Crippen LogP contribution in [0.2, 0.25) is 0 Å². The fraction of sp³-hybridized carbons (Fsp3) is 0.467. The minimum Gasteiger partial charge on any atom is -0.496 e. The quantitative estimate of drug-likeness (QED) is 0.887. The number of aryl methyl sites for hydroxylation is 2. The van der Waals surface area contributed by atoms with Crippen molar-refractivity contribution in [2.45, 2.75) is 33.2 Å². The van der Waals surface area contributed by atoms with E-state index in [0.717, 1.165) is 30.0 Å². The van der Waals surface area contributed by atoms with Crippen molar-refractivity contribution in [3.8, 4) is 5.75 Å². The van der Waals surface area contributed by atoms with Crippen molar-refractivity contribution in [2.75, 3.05) is 13.7 Å². The Kier molecular flexibility index (Phi) is 5.09. The predicted octanol–water partition coefficient (Wildman–Crippen LogP) is 3.25. The summed E-state index contributed by atoms with van der Waals surface area (Å²) >= 11 is 1.39. The summed E-state index contributed by atoms with van der Waals surface area (Å²) < 4.78 is 9.38. The number of hydrogen-bond acceptors (Lipinski definition) is 5. The first kappa shape index (κ1) is 14.9. The Morgan fingerprint density at radius 2 is 2.10 bits per heavy atom. The first-order valence-corrected chi connectivity index (χ1v) is 7.66. The van der Waals surface area contributed by atoms with Crippen molar-refractivity contribution in [1.82, 2.24) is 14.9 Å².